The van der Waals surface area contributed by atoms with E-state index in [9.17, 15) is 14.4 Å². The van der Waals surface area contributed by atoms with E-state index in [4.69, 9.17) is 23.5 Å². The van der Waals surface area contributed by atoms with Crippen molar-refractivity contribution in [1.82, 2.24) is 9.80 Å². The first kappa shape index (κ1) is 35.1. The van der Waals surface area contributed by atoms with E-state index in [1.807, 2.05) is 60.6 Å². The van der Waals surface area contributed by atoms with Crippen molar-refractivity contribution in [3.05, 3.63) is 28.8 Å². The third-order valence-corrected chi connectivity index (χ3v) is 11.4. The summed E-state index contributed by atoms with van der Waals surface area (Å²) in [6.07, 6.45) is 3.79. The van der Waals surface area contributed by atoms with Gasteiger partial charge in [0.1, 0.15) is 28.6 Å². The second kappa shape index (κ2) is 12.2. The Bertz CT molecular complexity index is 1440. The molecule has 11 heteroatoms. The van der Waals surface area contributed by atoms with E-state index < -0.39 is 17.2 Å². The molecule has 3 saturated carbocycles. The predicted octanol–water partition coefficient (Wildman–Crippen LogP) is 6.07. The number of nitrogens with zero attached hydrogens (tertiary/aromatic N) is 2. The molecule has 0 N–H and O–H groups in total. The zero-order valence-corrected chi connectivity index (χ0v) is 30.6. The quantitative estimate of drug-likeness (QED) is 0.255. The molecule has 5 atom stereocenters. The van der Waals surface area contributed by atoms with Crippen LogP contribution < -0.4 is 4.74 Å². The van der Waals surface area contributed by atoms with Crippen molar-refractivity contribution in [3.8, 4) is 5.75 Å². The van der Waals surface area contributed by atoms with E-state index in [1.165, 1.54) is 6.42 Å². The molecule has 1 aromatic rings. The lowest BCUT2D eigenvalue weighted by atomic mass is 9.43. The van der Waals surface area contributed by atoms with Gasteiger partial charge in [-0.05, 0) is 122 Å². The fourth-order valence-electron chi connectivity index (χ4n) is 8.62. The molecule has 1 aromatic carbocycles. The van der Waals surface area contributed by atoms with Crippen LogP contribution in [0.15, 0.2) is 12.1 Å². The number of hydrogen-bond donors (Lipinski definition) is 0. The standard InChI is InChI=1S/C37H55BN2O8/c1-22-23(13-15-38-47-29-18-25-17-28(36(25,8)9)37(29,10)48-38)11-12-27(30(22)32(42)45-34(2,3)4)44-26-20-40(21-26)31(41)24-14-16-39(19-24)33(43)46-35(5,6)7/h11-12,24-26,28-29H,13-21H2,1-10H3/t24?,25-,28-,29+,37-/m0/s1. The molecular weight excluding hydrogens is 611 g/mol. The molecule has 6 fully saturated rings. The van der Waals surface area contributed by atoms with Crippen molar-refractivity contribution >= 4 is 25.1 Å². The highest BCUT2D eigenvalue weighted by atomic mass is 16.7. The zero-order chi connectivity index (χ0) is 35.0. The first-order valence-electron chi connectivity index (χ1n) is 17.9. The van der Waals surface area contributed by atoms with Gasteiger partial charge in [-0.25, -0.2) is 9.59 Å². The van der Waals surface area contributed by atoms with Crippen LogP contribution in [0.1, 0.15) is 103 Å². The van der Waals surface area contributed by atoms with Crippen LogP contribution in [0.25, 0.3) is 0 Å². The van der Waals surface area contributed by atoms with Crippen molar-refractivity contribution < 1.29 is 37.9 Å². The lowest BCUT2D eigenvalue weighted by Crippen LogP contribution is -2.65. The van der Waals surface area contributed by atoms with Crippen molar-refractivity contribution in [2.75, 3.05) is 26.2 Å². The summed E-state index contributed by atoms with van der Waals surface area (Å²) in [7, 11) is -0.273. The van der Waals surface area contributed by atoms with Crippen molar-refractivity contribution in [1.29, 1.82) is 0 Å². The number of amides is 2. The molecule has 6 aliphatic rings. The highest BCUT2D eigenvalue weighted by Crippen LogP contribution is 2.65. The van der Waals surface area contributed by atoms with Crippen LogP contribution >= 0.6 is 0 Å². The normalized spacial score (nSPS) is 29.6. The van der Waals surface area contributed by atoms with Gasteiger partial charge < -0.3 is 33.3 Å². The fourth-order valence-corrected chi connectivity index (χ4v) is 8.62. The third-order valence-electron chi connectivity index (χ3n) is 11.4. The van der Waals surface area contributed by atoms with Gasteiger partial charge in [0.15, 0.2) is 0 Å². The smallest absolute Gasteiger partial charge is 0.457 e. The summed E-state index contributed by atoms with van der Waals surface area (Å²) in [5.74, 6) is 1.02. The van der Waals surface area contributed by atoms with Gasteiger partial charge in [0.05, 0.1) is 30.7 Å². The summed E-state index contributed by atoms with van der Waals surface area (Å²) in [4.78, 5) is 42.7. The number of likely N-dealkylation sites (tertiary alicyclic amines) is 2. The number of esters is 1. The van der Waals surface area contributed by atoms with E-state index in [0.29, 0.717) is 73.9 Å². The summed E-state index contributed by atoms with van der Waals surface area (Å²) in [6.45, 7) is 21.7. The molecule has 7 rings (SSSR count). The van der Waals surface area contributed by atoms with Crippen LogP contribution in [-0.4, -0.2) is 90.1 Å². The van der Waals surface area contributed by atoms with E-state index in [0.717, 1.165) is 17.5 Å². The summed E-state index contributed by atoms with van der Waals surface area (Å²) < 4.78 is 30.8. The van der Waals surface area contributed by atoms with Crippen LogP contribution in [0, 0.1) is 30.1 Å². The molecule has 3 heterocycles. The first-order chi connectivity index (χ1) is 22.2. The average Bonchev–Trinajstić information content (AvgIpc) is 3.56. The van der Waals surface area contributed by atoms with Gasteiger partial charge in [0, 0.05) is 13.1 Å². The molecule has 0 aromatic heterocycles. The number of aryl methyl sites for hydroxylation is 1. The topological polar surface area (TPSA) is 104 Å². The fraction of sp³-hybridized carbons (Fsp3) is 0.757. The Hall–Kier alpha value is -2.79. The maximum Gasteiger partial charge on any atom is 0.457 e. The molecule has 0 spiro atoms. The minimum atomic E-state index is -0.670. The largest absolute Gasteiger partial charge is 0.486 e. The zero-order valence-electron chi connectivity index (χ0n) is 30.6. The Kier molecular flexibility index (Phi) is 8.92. The van der Waals surface area contributed by atoms with Gasteiger partial charge in [-0.1, -0.05) is 19.9 Å². The van der Waals surface area contributed by atoms with Gasteiger partial charge in [-0.3, -0.25) is 4.79 Å². The molecule has 2 amide bonds. The molecule has 48 heavy (non-hydrogen) atoms. The van der Waals surface area contributed by atoms with E-state index in [1.54, 1.807) is 9.80 Å². The molecular formula is C37H55BN2O8. The summed E-state index contributed by atoms with van der Waals surface area (Å²) in [5, 5.41) is 0. The minimum absolute atomic E-state index is 0.0191. The molecule has 3 aliphatic carbocycles. The summed E-state index contributed by atoms with van der Waals surface area (Å²) >= 11 is 0. The number of ether oxygens (including phenoxy) is 3. The third kappa shape index (κ3) is 6.70. The van der Waals surface area contributed by atoms with Gasteiger partial charge in [0.2, 0.25) is 5.91 Å². The van der Waals surface area contributed by atoms with Gasteiger partial charge in [-0.15, -0.1) is 0 Å². The molecule has 264 valence electrons. The SMILES string of the molecule is Cc1c(CCB2O[C@@H]3C[C@@H]4C[C@@H](C4(C)C)[C@]3(C)O2)ccc(OC2CN(C(=O)C3CCN(C(=O)OC(C)(C)C)C3)C2)c1C(=O)OC(C)(C)C. The first-order valence-corrected chi connectivity index (χ1v) is 17.9. The van der Waals surface area contributed by atoms with Gasteiger partial charge >= 0.3 is 19.2 Å². The maximum atomic E-state index is 13.6. The molecule has 1 unspecified atom stereocenters. The number of carbonyl (C=O) groups excluding carboxylic acids is 3. The Morgan fingerprint density at radius 3 is 2.29 bits per heavy atom. The molecule has 2 bridgehead atoms. The van der Waals surface area contributed by atoms with Crippen molar-refractivity contribution in [2.45, 2.75) is 130 Å². The average molecular weight is 667 g/mol. The van der Waals surface area contributed by atoms with Crippen LogP contribution in [0.4, 0.5) is 4.79 Å². The van der Waals surface area contributed by atoms with Gasteiger partial charge in [-0.2, -0.15) is 0 Å². The van der Waals surface area contributed by atoms with Crippen LogP contribution in [0.2, 0.25) is 6.32 Å². The second-order valence-electron chi connectivity index (χ2n) is 17.6. The second-order valence-corrected chi connectivity index (χ2v) is 17.6. The Labute approximate surface area is 286 Å². The molecule has 10 nitrogen and oxygen atoms in total. The highest BCUT2D eigenvalue weighted by molar-refractivity contribution is 6.45. The van der Waals surface area contributed by atoms with Crippen molar-refractivity contribution in [2.24, 2.45) is 23.2 Å². The van der Waals surface area contributed by atoms with E-state index in [2.05, 4.69) is 20.8 Å². The van der Waals surface area contributed by atoms with E-state index >= 15 is 0 Å². The lowest BCUT2D eigenvalue weighted by molar-refractivity contribution is -0.199. The monoisotopic (exact) mass is 666 g/mol. The molecule has 3 saturated heterocycles. The number of rotatable bonds is 7. The highest BCUT2D eigenvalue weighted by Gasteiger charge is 2.67. The van der Waals surface area contributed by atoms with Gasteiger partial charge in [0.25, 0.3) is 0 Å². The molecule has 3 aliphatic heterocycles. The molecule has 0 radical (unpaired) electrons. The minimum Gasteiger partial charge on any atom is -0.486 e. The van der Waals surface area contributed by atoms with Crippen molar-refractivity contribution in [3.63, 3.8) is 0 Å². The summed E-state index contributed by atoms with van der Waals surface area (Å²) in [6, 6.07) is 3.88. The summed E-state index contributed by atoms with van der Waals surface area (Å²) in [5.41, 5.74) is 1.08. The number of carbonyl (C=O) groups is 3. The van der Waals surface area contributed by atoms with Crippen LogP contribution in [0.3, 0.4) is 0 Å². The predicted molar refractivity (Wildman–Crippen MR) is 182 cm³/mol. The lowest BCUT2D eigenvalue weighted by Gasteiger charge is -2.64. The van der Waals surface area contributed by atoms with E-state index in [-0.39, 0.29) is 42.8 Å². The number of hydrogen-bond acceptors (Lipinski definition) is 8. The Morgan fingerprint density at radius 1 is 0.958 bits per heavy atom. The Morgan fingerprint density at radius 2 is 1.65 bits per heavy atom. The van der Waals surface area contributed by atoms with Crippen LogP contribution in [0.5, 0.6) is 5.75 Å². The van der Waals surface area contributed by atoms with Crippen LogP contribution in [-0.2, 0) is 30.0 Å². The Balaban J connectivity index is 1.08. The number of benzene rings is 1. The maximum absolute atomic E-state index is 13.6.